The summed E-state index contributed by atoms with van der Waals surface area (Å²) in [5, 5.41) is 31.7. The van der Waals surface area contributed by atoms with Gasteiger partial charge in [0.1, 0.15) is 12.3 Å². The van der Waals surface area contributed by atoms with Crippen LogP contribution >= 0.6 is 0 Å². The van der Waals surface area contributed by atoms with Crippen molar-refractivity contribution < 1.29 is 29.6 Å². The number of carbonyl (C=O) groups excluding carboxylic acids is 2. The predicted octanol–water partition coefficient (Wildman–Crippen LogP) is -0.828. The number of nitrogens with zero attached hydrogens (tertiary/aromatic N) is 1. The van der Waals surface area contributed by atoms with E-state index in [1.807, 2.05) is 20.8 Å². The van der Waals surface area contributed by atoms with Crippen molar-refractivity contribution in [1.29, 1.82) is 0 Å². The van der Waals surface area contributed by atoms with Crippen molar-refractivity contribution in [1.82, 2.24) is 10.2 Å². The summed E-state index contributed by atoms with van der Waals surface area (Å²) in [6.07, 6.45) is -3.31. The van der Waals surface area contributed by atoms with Crippen LogP contribution in [-0.4, -0.2) is 69.3 Å². The lowest BCUT2D eigenvalue weighted by atomic mass is 9.82. The van der Waals surface area contributed by atoms with E-state index in [9.17, 15) is 19.8 Å². The molecule has 5 atom stereocenters. The van der Waals surface area contributed by atoms with E-state index in [1.54, 1.807) is 0 Å². The Morgan fingerprint density at radius 1 is 1.41 bits per heavy atom. The molecule has 2 aliphatic rings. The molecule has 8 heteroatoms. The number of carbonyl (C=O) groups is 2. The molecule has 3 amide bonds. The summed E-state index contributed by atoms with van der Waals surface area (Å²) in [5.41, 5.74) is -0.533. The number of rotatable bonds is 3. The zero-order valence-corrected chi connectivity index (χ0v) is 13.0. The van der Waals surface area contributed by atoms with Crippen molar-refractivity contribution in [2.45, 2.75) is 64.2 Å². The Labute approximate surface area is 129 Å². The molecule has 22 heavy (non-hydrogen) atoms. The average molecular weight is 316 g/mol. The van der Waals surface area contributed by atoms with Crippen molar-refractivity contribution in [3.8, 4) is 0 Å². The second-order valence-electron chi connectivity index (χ2n) is 6.96. The third-order valence-corrected chi connectivity index (χ3v) is 4.18. The molecule has 2 heterocycles. The highest BCUT2D eigenvalue weighted by Crippen LogP contribution is 2.33. The van der Waals surface area contributed by atoms with Crippen LogP contribution in [0.1, 0.15) is 33.6 Å². The van der Waals surface area contributed by atoms with Gasteiger partial charge >= 0.3 is 6.03 Å². The van der Waals surface area contributed by atoms with Crippen molar-refractivity contribution in [2.75, 3.05) is 6.61 Å². The molecule has 8 nitrogen and oxygen atoms in total. The van der Waals surface area contributed by atoms with Gasteiger partial charge in [-0.1, -0.05) is 20.8 Å². The molecule has 2 fully saturated rings. The lowest BCUT2D eigenvalue weighted by Crippen LogP contribution is -2.63. The van der Waals surface area contributed by atoms with Crippen LogP contribution in [0.3, 0.4) is 0 Å². The first kappa shape index (κ1) is 17.1. The van der Waals surface area contributed by atoms with E-state index >= 15 is 0 Å². The van der Waals surface area contributed by atoms with Crippen LogP contribution in [0.25, 0.3) is 0 Å². The largest absolute Gasteiger partial charge is 0.394 e. The van der Waals surface area contributed by atoms with Gasteiger partial charge in [0.05, 0.1) is 31.3 Å². The van der Waals surface area contributed by atoms with Gasteiger partial charge in [-0.2, -0.15) is 0 Å². The summed E-state index contributed by atoms with van der Waals surface area (Å²) in [5.74, 6) is -0.452. The van der Waals surface area contributed by atoms with Gasteiger partial charge in [-0.05, 0) is 5.41 Å². The molecule has 1 unspecified atom stereocenters. The van der Waals surface area contributed by atoms with Crippen LogP contribution in [0.4, 0.5) is 4.79 Å². The fourth-order valence-corrected chi connectivity index (χ4v) is 2.91. The van der Waals surface area contributed by atoms with Gasteiger partial charge in [-0.3, -0.25) is 15.0 Å². The lowest BCUT2D eigenvalue weighted by molar-refractivity contribution is -0.135. The molecular weight excluding hydrogens is 292 g/mol. The van der Waals surface area contributed by atoms with Crippen LogP contribution < -0.4 is 5.32 Å². The summed E-state index contributed by atoms with van der Waals surface area (Å²) in [7, 11) is 0. The third kappa shape index (κ3) is 3.24. The molecule has 0 saturated carbocycles. The first-order valence-electron chi connectivity index (χ1n) is 7.39. The van der Waals surface area contributed by atoms with Gasteiger partial charge in [0.15, 0.2) is 0 Å². The van der Waals surface area contributed by atoms with E-state index < -0.39 is 47.9 Å². The Morgan fingerprint density at radius 3 is 2.55 bits per heavy atom. The van der Waals surface area contributed by atoms with Crippen molar-refractivity contribution in [3.63, 3.8) is 0 Å². The van der Waals surface area contributed by atoms with E-state index in [0.29, 0.717) is 0 Å². The maximum atomic E-state index is 12.2. The Kier molecular flexibility index (Phi) is 4.76. The molecule has 0 aliphatic carbocycles. The zero-order valence-electron chi connectivity index (χ0n) is 13.0. The average Bonchev–Trinajstić information content (AvgIpc) is 2.76. The highest BCUT2D eigenvalue weighted by atomic mass is 16.5. The van der Waals surface area contributed by atoms with Crippen molar-refractivity contribution in [3.05, 3.63) is 0 Å². The SMILES string of the molecule is CC(C)(C)C(O)[C@H]1CC(=O)NC(=O)N1[C@H]1C[C@H](O)[C@@H](CO)O1. The second-order valence-corrected chi connectivity index (χ2v) is 6.96. The van der Waals surface area contributed by atoms with Crippen LogP contribution in [0.15, 0.2) is 0 Å². The van der Waals surface area contributed by atoms with Crippen LogP contribution in [0, 0.1) is 5.41 Å². The number of aliphatic hydroxyl groups excluding tert-OH is 3. The highest BCUT2D eigenvalue weighted by molar-refractivity contribution is 5.97. The van der Waals surface area contributed by atoms with Gasteiger partial charge in [0, 0.05) is 6.42 Å². The lowest BCUT2D eigenvalue weighted by Gasteiger charge is -2.44. The normalized spacial score (nSPS) is 34.7. The first-order valence-corrected chi connectivity index (χ1v) is 7.39. The number of ether oxygens (including phenoxy) is 1. The molecule has 2 rings (SSSR count). The molecular formula is C14H24N2O6. The predicted molar refractivity (Wildman–Crippen MR) is 75.6 cm³/mol. The molecule has 0 radical (unpaired) electrons. The number of hydrogen-bond acceptors (Lipinski definition) is 6. The Morgan fingerprint density at radius 2 is 2.05 bits per heavy atom. The summed E-state index contributed by atoms with van der Waals surface area (Å²) in [4.78, 5) is 25.1. The molecule has 2 saturated heterocycles. The van der Waals surface area contributed by atoms with Crippen LogP contribution in [0.5, 0.6) is 0 Å². The van der Waals surface area contributed by atoms with E-state index in [0.717, 1.165) is 0 Å². The van der Waals surface area contributed by atoms with Crippen LogP contribution in [0.2, 0.25) is 0 Å². The van der Waals surface area contributed by atoms with Crippen molar-refractivity contribution >= 4 is 11.9 Å². The minimum atomic E-state index is -0.934. The Balaban J connectivity index is 2.25. The molecule has 2 aliphatic heterocycles. The van der Waals surface area contributed by atoms with E-state index in [2.05, 4.69) is 5.32 Å². The number of nitrogens with one attached hydrogen (secondary N) is 1. The zero-order chi connectivity index (χ0) is 16.7. The van der Waals surface area contributed by atoms with E-state index in [1.165, 1.54) is 4.90 Å². The summed E-state index contributed by atoms with van der Waals surface area (Å²) in [6, 6.07) is -1.39. The maximum Gasteiger partial charge on any atom is 0.326 e. The van der Waals surface area contributed by atoms with Gasteiger partial charge in [-0.25, -0.2) is 4.79 Å². The van der Waals surface area contributed by atoms with Gasteiger partial charge in [0.25, 0.3) is 0 Å². The number of imide groups is 1. The molecule has 0 aromatic carbocycles. The summed E-state index contributed by atoms with van der Waals surface area (Å²) in [6.45, 7) is 5.08. The van der Waals surface area contributed by atoms with E-state index in [-0.39, 0.29) is 19.4 Å². The number of amides is 3. The quantitative estimate of drug-likeness (QED) is 0.540. The fraction of sp³-hybridized carbons (Fsp3) is 0.857. The van der Waals surface area contributed by atoms with Crippen molar-refractivity contribution in [2.24, 2.45) is 5.41 Å². The summed E-state index contributed by atoms with van der Waals surface area (Å²) >= 11 is 0. The van der Waals surface area contributed by atoms with Gasteiger partial charge < -0.3 is 20.1 Å². The number of aliphatic hydroxyl groups is 3. The smallest absolute Gasteiger partial charge is 0.326 e. The standard InChI is InChI=1S/C14H24N2O6/c1-14(2,3)12(20)7-4-10(19)15-13(21)16(7)11-5-8(18)9(6-17)22-11/h7-9,11-12,17-18,20H,4-6H2,1-3H3,(H,15,19,21)/t7-,8+,9-,11-,12?/m1/s1. The van der Waals surface area contributed by atoms with Gasteiger partial charge in [-0.15, -0.1) is 0 Å². The molecule has 0 aromatic rings. The van der Waals surface area contributed by atoms with E-state index in [4.69, 9.17) is 9.84 Å². The number of urea groups is 1. The monoisotopic (exact) mass is 316 g/mol. The first-order chi connectivity index (χ1) is 10.1. The molecule has 126 valence electrons. The molecule has 0 spiro atoms. The topological polar surface area (TPSA) is 119 Å². The Bertz CT molecular complexity index is 449. The summed E-state index contributed by atoms with van der Waals surface area (Å²) < 4.78 is 5.50. The number of hydrogen-bond donors (Lipinski definition) is 4. The second kappa shape index (κ2) is 6.11. The highest BCUT2D eigenvalue weighted by Gasteiger charge is 2.48. The molecule has 0 aromatic heterocycles. The maximum absolute atomic E-state index is 12.2. The molecule has 0 bridgehead atoms. The minimum Gasteiger partial charge on any atom is -0.394 e. The Hall–Kier alpha value is -1.22. The minimum absolute atomic E-state index is 0.0378. The van der Waals surface area contributed by atoms with Crippen LogP contribution in [-0.2, 0) is 9.53 Å². The molecule has 4 N–H and O–H groups in total. The third-order valence-electron chi connectivity index (χ3n) is 4.18. The van der Waals surface area contributed by atoms with Gasteiger partial charge in [0.2, 0.25) is 5.91 Å². The fourth-order valence-electron chi connectivity index (χ4n) is 2.91.